The van der Waals surface area contributed by atoms with Crippen LogP contribution in [-0.2, 0) is 6.54 Å². The van der Waals surface area contributed by atoms with Gasteiger partial charge in [-0.3, -0.25) is 14.3 Å². The molecule has 0 radical (unpaired) electrons. The van der Waals surface area contributed by atoms with Crippen LogP contribution in [0.25, 0.3) is 0 Å². The first-order valence-corrected chi connectivity index (χ1v) is 6.03. The smallest absolute Gasteiger partial charge is 0.331 e. The van der Waals surface area contributed by atoms with Crippen molar-refractivity contribution >= 4 is 0 Å². The summed E-state index contributed by atoms with van der Waals surface area (Å²) in [5, 5.41) is 9.44. The lowest BCUT2D eigenvalue weighted by Crippen LogP contribution is -2.37. The van der Waals surface area contributed by atoms with Gasteiger partial charge >= 0.3 is 5.69 Å². The highest BCUT2D eigenvalue weighted by atomic mass is 19.1. The number of likely N-dealkylation sites (tertiary alicyclic amines) is 1. The molecular formula is C11H16FN3O3. The van der Waals surface area contributed by atoms with Gasteiger partial charge in [-0.05, 0) is 25.9 Å². The molecule has 1 saturated heterocycles. The normalized spacial score (nSPS) is 16.9. The molecule has 1 aliphatic rings. The van der Waals surface area contributed by atoms with Gasteiger partial charge in [0.15, 0.2) is 0 Å². The molecule has 0 aromatic carbocycles. The number of aromatic hydroxyl groups is 1. The van der Waals surface area contributed by atoms with Crippen LogP contribution >= 0.6 is 0 Å². The Hall–Kier alpha value is -1.63. The minimum absolute atomic E-state index is 0.165. The molecule has 1 fully saturated rings. The molecule has 2 rings (SSSR count). The van der Waals surface area contributed by atoms with Crippen molar-refractivity contribution in [2.75, 3.05) is 19.6 Å². The zero-order chi connectivity index (χ0) is 13.1. The number of nitrogens with zero attached hydrogens (tertiary/aromatic N) is 2. The fourth-order valence-corrected chi connectivity index (χ4v) is 2.17. The number of hydrogen-bond donors (Lipinski definition) is 2. The second kappa shape index (κ2) is 5.34. The third-order valence-corrected chi connectivity index (χ3v) is 3.21. The summed E-state index contributed by atoms with van der Waals surface area (Å²) in [4.78, 5) is 26.3. The lowest BCUT2D eigenvalue weighted by atomic mass is 10.1. The molecule has 0 bridgehead atoms. The Morgan fingerprint density at radius 3 is 2.50 bits per heavy atom. The predicted molar refractivity (Wildman–Crippen MR) is 63.2 cm³/mol. The number of aromatic nitrogens is 2. The largest absolute Gasteiger partial charge is 0.492 e. The van der Waals surface area contributed by atoms with Crippen molar-refractivity contribution in [2.24, 2.45) is 0 Å². The predicted octanol–water partition coefficient (Wildman–Crippen LogP) is -0.133. The van der Waals surface area contributed by atoms with Gasteiger partial charge in [0, 0.05) is 13.1 Å². The zero-order valence-electron chi connectivity index (χ0n) is 9.99. The standard InChI is InChI=1S/C11H16FN3O3/c12-8-9(16)13-11(18)15(10(8)17)7-6-14-4-2-1-3-5-14/h17H,1-7H2,(H,13,16,18). The van der Waals surface area contributed by atoms with E-state index in [1.54, 1.807) is 0 Å². The van der Waals surface area contributed by atoms with E-state index in [-0.39, 0.29) is 6.54 Å². The number of H-pyrrole nitrogens is 1. The monoisotopic (exact) mass is 257 g/mol. The van der Waals surface area contributed by atoms with Gasteiger partial charge in [0.1, 0.15) is 0 Å². The number of halogens is 1. The summed E-state index contributed by atoms with van der Waals surface area (Å²) in [5.74, 6) is -2.20. The average Bonchev–Trinajstić information content (AvgIpc) is 2.37. The van der Waals surface area contributed by atoms with Crippen molar-refractivity contribution in [1.29, 1.82) is 0 Å². The average molecular weight is 257 g/mol. The zero-order valence-corrected chi connectivity index (χ0v) is 9.99. The molecule has 0 unspecified atom stereocenters. The minimum atomic E-state index is -1.31. The Bertz CT molecular complexity index is 531. The summed E-state index contributed by atoms with van der Waals surface area (Å²) in [5.41, 5.74) is -1.97. The fourth-order valence-electron chi connectivity index (χ4n) is 2.17. The van der Waals surface area contributed by atoms with Crippen molar-refractivity contribution in [3.8, 4) is 5.88 Å². The molecule has 0 spiro atoms. The van der Waals surface area contributed by atoms with Gasteiger partial charge in [-0.1, -0.05) is 6.42 Å². The van der Waals surface area contributed by atoms with Crippen LogP contribution in [0, 0.1) is 5.82 Å². The van der Waals surface area contributed by atoms with Crippen molar-refractivity contribution in [1.82, 2.24) is 14.5 Å². The van der Waals surface area contributed by atoms with Crippen LogP contribution in [0.15, 0.2) is 9.59 Å². The van der Waals surface area contributed by atoms with E-state index in [2.05, 4.69) is 4.90 Å². The Morgan fingerprint density at radius 1 is 1.17 bits per heavy atom. The van der Waals surface area contributed by atoms with Crippen LogP contribution in [0.2, 0.25) is 0 Å². The highest BCUT2D eigenvalue weighted by Crippen LogP contribution is 2.10. The maximum absolute atomic E-state index is 13.2. The minimum Gasteiger partial charge on any atom is -0.492 e. The fraction of sp³-hybridized carbons (Fsp3) is 0.636. The number of hydrogen-bond acceptors (Lipinski definition) is 4. The molecule has 0 aliphatic carbocycles. The van der Waals surface area contributed by atoms with E-state index >= 15 is 0 Å². The molecule has 6 nitrogen and oxygen atoms in total. The molecule has 1 aliphatic heterocycles. The van der Waals surface area contributed by atoms with E-state index in [0.717, 1.165) is 30.5 Å². The van der Waals surface area contributed by atoms with Gasteiger partial charge in [-0.25, -0.2) is 4.79 Å². The highest BCUT2D eigenvalue weighted by molar-refractivity contribution is 5.09. The van der Waals surface area contributed by atoms with Crippen molar-refractivity contribution in [3.05, 3.63) is 26.7 Å². The number of piperidine rings is 1. The van der Waals surface area contributed by atoms with E-state index in [0.29, 0.717) is 6.54 Å². The Labute approximate surface area is 103 Å². The van der Waals surface area contributed by atoms with Crippen LogP contribution in [-0.4, -0.2) is 39.2 Å². The summed E-state index contributed by atoms with van der Waals surface area (Å²) in [6.45, 7) is 2.61. The van der Waals surface area contributed by atoms with Crippen LogP contribution in [0.4, 0.5) is 4.39 Å². The van der Waals surface area contributed by atoms with E-state index in [1.807, 2.05) is 4.98 Å². The van der Waals surface area contributed by atoms with Gasteiger partial charge in [-0.2, -0.15) is 4.39 Å². The van der Waals surface area contributed by atoms with E-state index in [4.69, 9.17) is 0 Å². The highest BCUT2D eigenvalue weighted by Gasteiger charge is 2.15. The third kappa shape index (κ3) is 2.61. The number of rotatable bonds is 3. The molecule has 18 heavy (non-hydrogen) atoms. The topological polar surface area (TPSA) is 78.3 Å². The van der Waals surface area contributed by atoms with E-state index in [9.17, 15) is 19.1 Å². The van der Waals surface area contributed by atoms with Crippen molar-refractivity contribution < 1.29 is 9.50 Å². The molecule has 0 saturated carbocycles. The SMILES string of the molecule is O=c1[nH]c(=O)n(CCN2CCCCC2)c(O)c1F. The van der Waals surface area contributed by atoms with E-state index < -0.39 is 22.9 Å². The van der Waals surface area contributed by atoms with Gasteiger partial charge < -0.3 is 10.0 Å². The van der Waals surface area contributed by atoms with Crippen LogP contribution in [0.1, 0.15) is 19.3 Å². The molecule has 2 N–H and O–H groups in total. The van der Waals surface area contributed by atoms with Gasteiger partial charge in [0.25, 0.3) is 5.56 Å². The maximum Gasteiger partial charge on any atom is 0.331 e. The molecule has 2 heterocycles. The lowest BCUT2D eigenvalue weighted by molar-refractivity contribution is 0.214. The van der Waals surface area contributed by atoms with Crippen LogP contribution < -0.4 is 11.2 Å². The molecular weight excluding hydrogens is 241 g/mol. The number of aromatic amines is 1. The summed E-state index contributed by atoms with van der Waals surface area (Å²) in [6, 6.07) is 0. The van der Waals surface area contributed by atoms with Gasteiger partial charge in [0.2, 0.25) is 11.7 Å². The van der Waals surface area contributed by atoms with Crippen LogP contribution in [0.5, 0.6) is 5.88 Å². The third-order valence-electron chi connectivity index (χ3n) is 3.21. The van der Waals surface area contributed by atoms with Crippen molar-refractivity contribution in [3.63, 3.8) is 0 Å². The van der Waals surface area contributed by atoms with Gasteiger partial charge in [-0.15, -0.1) is 0 Å². The van der Waals surface area contributed by atoms with E-state index in [1.165, 1.54) is 6.42 Å². The molecule has 0 atom stereocenters. The first-order chi connectivity index (χ1) is 8.59. The maximum atomic E-state index is 13.2. The lowest BCUT2D eigenvalue weighted by Gasteiger charge is -2.26. The molecule has 100 valence electrons. The Kier molecular flexibility index (Phi) is 3.81. The summed E-state index contributed by atoms with van der Waals surface area (Å²) in [6.07, 6.45) is 3.43. The molecule has 1 aromatic rings. The second-order valence-electron chi connectivity index (χ2n) is 4.45. The number of nitrogens with one attached hydrogen (secondary N) is 1. The first-order valence-electron chi connectivity index (χ1n) is 6.03. The Balaban J connectivity index is 2.11. The quantitative estimate of drug-likeness (QED) is 0.790. The Morgan fingerprint density at radius 2 is 1.83 bits per heavy atom. The van der Waals surface area contributed by atoms with Crippen LogP contribution in [0.3, 0.4) is 0 Å². The van der Waals surface area contributed by atoms with Gasteiger partial charge in [0.05, 0.1) is 0 Å². The van der Waals surface area contributed by atoms with Crippen molar-refractivity contribution in [2.45, 2.75) is 25.8 Å². The summed E-state index contributed by atoms with van der Waals surface area (Å²) < 4.78 is 14.0. The first kappa shape index (κ1) is 12.8. The second-order valence-corrected chi connectivity index (χ2v) is 4.45. The molecule has 0 amide bonds. The summed E-state index contributed by atoms with van der Waals surface area (Å²) in [7, 11) is 0. The molecule has 1 aromatic heterocycles. The molecule has 7 heteroatoms. The summed E-state index contributed by atoms with van der Waals surface area (Å²) >= 11 is 0.